The molecule has 5 heteroatoms. The van der Waals surface area contributed by atoms with Crippen molar-refractivity contribution >= 4 is 38.4 Å². The molecule has 0 radical (unpaired) electrons. The molecule has 0 saturated carbocycles. The number of hydrogen-bond donors (Lipinski definition) is 1. The standard InChI is InChI=1S/C11H8N2O2S/c1-6(14)15-9-4-7-5-13-11-8(2-3-12-11)10(7)16-9/h2-5H,1H3,(H,12,13). The Kier molecular flexibility index (Phi) is 1.94. The molecule has 0 unspecified atom stereocenters. The van der Waals surface area contributed by atoms with Gasteiger partial charge in [-0.1, -0.05) is 11.3 Å². The van der Waals surface area contributed by atoms with Gasteiger partial charge in [0, 0.05) is 36.2 Å². The molecule has 3 heterocycles. The van der Waals surface area contributed by atoms with Crippen molar-refractivity contribution in [1.29, 1.82) is 0 Å². The van der Waals surface area contributed by atoms with Gasteiger partial charge in [-0.3, -0.25) is 4.79 Å². The zero-order valence-corrected chi connectivity index (χ0v) is 9.30. The lowest BCUT2D eigenvalue weighted by Gasteiger charge is -1.92. The lowest BCUT2D eigenvalue weighted by molar-refractivity contribution is -0.131. The maximum Gasteiger partial charge on any atom is 0.308 e. The average molecular weight is 232 g/mol. The Morgan fingerprint density at radius 3 is 3.25 bits per heavy atom. The first-order chi connectivity index (χ1) is 7.74. The fourth-order valence-corrected chi connectivity index (χ4v) is 2.71. The SMILES string of the molecule is CC(=O)Oc1cc2cnc3[nH]ccc3c2s1. The number of esters is 1. The Bertz CT molecular complexity index is 683. The van der Waals surface area contributed by atoms with Gasteiger partial charge < -0.3 is 9.72 Å². The minimum absolute atomic E-state index is 0.301. The first kappa shape index (κ1) is 9.35. The Morgan fingerprint density at radius 1 is 1.56 bits per heavy atom. The van der Waals surface area contributed by atoms with Gasteiger partial charge in [0.1, 0.15) is 5.65 Å². The molecule has 1 N–H and O–H groups in total. The van der Waals surface area contributed by atoms with Crippen LogP contribution in [0.25, 0.3) is 21.1 Å². The maximum atomic E-state index is 10.9. The van der Waals surface area contributed by atoms with Crippen LogP contribution in [0.3, 0.4) is 0 Å². The minimum Gasteiger partial charge on any atom is -0.416 e. The third-order valence-electron chi connectivity index (χ3n) is 2.29. The summed E-state index contributed by atoms with van der Waals surface area (Å²) >= 11 is 1.46. The number of carbonyl (C=O) groups excluding carboxylic acids is 1. The monoisotopic (exact) mass is 232 g/mol. The van der Waals surface area contributed by atoms with E-state index < -0.39 is 0 Å². The van der Waals surface area contributed by atoms with Crippen LogP contribution in [-0.4, -0.2) is 15.9 Å². The number of nitrogens with one attached hydrogen (secondary N) is 1. The molecular formula is C11H8N2O2S. The smallest absolute Gasteiger partial charge is 0.308 e. The van der Waals surface area contributed by atoms with Crippen LogP contribution in [0.5, 0.6) is 5.06 Å². The fourth-order valence-electron chi connectivity index (χ4n) is 1.66. The van der Waals surface area contributed by atoms with Crippen LogP contribution in [0, 0.1) is 0 Å². The van der Waals surface area contributed by atoms with Crippen molar-refractivity contribution in [2.75, 3.05) is 0 Å². The van der Waals surface area contributed by atoms with Gasteiger partial charge >= 0.3 is 5.97 Å². The van der Waals surface area contributed by atoms with Gasteiger partial charge in [-0.15, -0.1) is 0 Å². The number of rotatable bonds is 1. The second kappa shape index (κ2) is 3.31. The van der Waals surface area contributed by atoms with E-state index in [1.807, 2.05) is 18.3 Å². The van der Waals surface area contributed by atoms with Crippen molar-refractivity contribution in [2.45, 2.75) is 6.92 Å². The maximum absolute atomic E-state index is 10.9. The topological polar surface area (TPSA) is 55.0 Å². The lowest BCUT2D eigenvalue weighted by atomic mass is 10.3. The first-order valence-electron chi connectivity index (χ1n) is 4.78. The molecule has 0 aliphatic carbocycles. The van der Waals surface area contributed by atoms with E-state index in [-0.39, 0.29) is 5.97 Å². The fraction of sp³-hybridized carbons (Fsp3) is 0.0909. The Balaban J connectivity index is 2.26. The molecular weight excluding hydrogens is 224 g/mol. The highest BCUT2D eigenvalue weighted by Gasteiger charge is 2.09. The van der Waals surface area contributed by atoms with Gasteiger partial charge in [-0.2, -0.15) is 0 Å². The van der Waals surface area contributed by atoms with E-state index in [1.54, 1.807) is 6.20 Å². The summed E-state index contributed by atoms with van der Waals surface area (Å²) in [4.78, 5) is 18.2. The van der Waals surface area contributed by atoms with E-state index in [0.717, 1.165) is 21.1 Å². The summed E-state index contributed by atoms with van der Waals surface area (Å²) in [6.07, 6.45) is 3.62. The summed E-state index contributed by atoms with van der Waals surface area (Å²) in [7, 11) is 0. The predicted molar refractivity (Wildman–Crippen MR) is 62.8 cm³/mol. The summed E-state index contributed by atoms with van der Waals surface area (Å²) in [5.74, 6) is -0.301. The Labute approximate surface area is 94.9 Å². The van der Waals surface area contributed by atoms with Crippen molar-refractivity contribution in [1.82, 2.24) is 9.97 Å². The molecule has 3 aromatic heterocycles. The second-order valence-corrected chi connectivity index (χ2v) is 4.46. The van der Waals surface area contributed by atoms with Crippen LogP contribution in [0.1, 0.15) is 6.92 Å². The highest BCUT2D eigenvalue weighted by Crippen LogP contribution is 2.35. The predicted octanol–water partition coefficient (Wildman–Crippen LogP) is 2.70. The Morgan fingerprint density at radius 2 is 2.44 bits per heavy atom. The molecule has 0 saturated heterocycles. The second-order valence-electron chi connectivity index (χ2n) is 3.44. The van der Waals surface area contributed by atoms with E-state index in [0.29, 0.717) is 5.06 Å². The van der Waals surface area contributed by atoms with Gasteiger partial charge in [0.15, 0.2) is 5.06 Å². The number of H-pyrrole nitrogens is 1. The van der Waals surface area contributed by atoms with Crippen molar-refractivity contribution in [3.8, 4) is 5.06 Å². The van der Waals surface area contributed by atoms with Crippen LogP contribution in [0.4, 0.5) is 0 Å². The summed E-state index contributed by atoms with van der Waals surface area (Å²) in [6.45, 7) is 1.40. The molecule has 3 rings (SSSR count). The van der Waals surface area contributed by atoms with E-state index in [9.17, 15) is 4.79 Å². The van der Waals surface area contributed by atoms with Crippen molar-refractivity contribution in [2.24, 2.45) is 0 Å². The molecule has 80 valence electrons. The van der Waals surface area contributed by atoms with Gasteiger partial charge in [0.25, 0.3) is 0 Å². The summed E-state index contributed by atoms with van der Waals surface area (Å²) in [5, 5.41) is 2.66. The molecule has 0 amide bonds. The summed E-state index contributed by atoms with van der Waals surface area (Å²) in [5.41, 5.74) is 0.851. The molecule has 0 spiro atoms. The lowest BCUT2D eigenvalue weighted by Crippen LogP contribution is -1.98. The van der Waals surface area contributed by atoms with Crippen LogP contribution in [0.15, 0.2) is 24.5 Å². The third-order valence-corrected chi connectivity index (χ3v) is 3.35. The number of fused-ring (bicyclic) bond motifs is 3. The van der Waals surface area contributed by atoms with Gasteiger partial charge in [-0.25, -0.2) is 4.98 Å². The van der Waals surface area contributed by atoms with Crippen molar-refractivity contribution in [3.05, 3.63) is 24.5 Å². The number of carbonyl (C=O) groups is 1. The Hall–Kier alpha value is -1.88. The zero-order chi connectivity index (χ0) is 11.1. The van der Waals surface area contributed by atoms with E-state index in [2.05, 4.69) is 9.97 Å². The van der Waals surface area contributed by atoms with Crippen LogP contribution in [-0.2, 0) is 4.79 Å². The first-order valence-corrected chi connectivity index (χ1v) is 5.60. The molecule has 0 aliphatic rings. The molecule has 16 heavy (non-hydrogen) atoms. The minimum atomic E-state index is -0.301. The molecule has 0 bridgehead atoms. The van der Waals surface area contributed by atoms with Gasteiger partial charge in [0.05, 0.1) is 4.70 Å². The number of ether oxygens (including phenoxy) is 1. The quantitative estimate of drug-likeness (QED) is 0.656. The van der Waals surface area contributed by atoms with Crippen LogP contribution >= 0.6 is 11.3 Å². The average Bonchev–Trinajstić information content (AvgIpc) is 2.78. The number of hydrogen-bond acceptors (Lipinski definition) is 4. The zero-order valence-electron chi connectivity index (χ0n) is 8.48. The van der Waals surface area contributed by atoms with E-state index >= 15 is 0 Å². The molecule has 3 aromatic rings. The molecule has 0 aromatic carbocycles. The number of thiophene rings is 1. The number of aromatic nitrogens is 2. The molecule has 0 atom stereocenters. The molecule has 0 aliphatic heterocycles. The highest BCUT2D eigenvalue weighted by atomic mass is 32.1. The van der Waals surface area contributed by atoms with Gasteiger partial charge in [0.2, 0.25) is 0 Å². The normalized spacial score (nSPS) is 11.1. The van der Waals surface area contributed by atoms with Crippen LogP contribution < -0.4 is 4.74 Å². The third kappa shape index (κ3) is 1.37. The van der Waals surface area contributed by atoms with Gasteiger partial charge in [-0.05, 0) is 6.07 Å². The number of aromatic amines is 1. The van der Waals surface area contributed by atoms with Crippen molar-refractivity contribution < 1.29 is 9.53 Å². The number of pyridine rings is 1. The molecule has 0 fully saturated rings. The van der Waals surface area contributed by atoms with E-state index in [1.165, 1.54) is 18.3 Å². The highest BCUT2D eigenvalue weighted by molar-refractivity contribution is 7.21. The largest absolute Gasteiger partial charge is 0.416 e. The molecule has 4 nitrogen and oxygen atoms in total. The van der Waals surface area contributed by atoms with Crippen molar-refractivity contribution in [3.63, 3.8) is 0 Å². The van der Waals surface area contributed by atoms with E-state index in [4.69, 9.17) is 4.74 Å². The summed E-state index contributed by atoms with van der Waals surface area (Å²) < 4.78 is 6.15. The van der Waals surface area contributed by atoms with Crippen LogP contribution in [0.2, 0.25) is 0 Å². The summed E-state index contributed by atoms with van der Waals surface area (Å²) in [6, 6.07) is 3.81. The number of nitrogens with zero attached hydrogens (tertiary/aromatic N) is 1.